The van der Waals surface area contributed by atoms with Gasteiger partial charge in [0.1, 0.15) is 23.5 Å². The zero-order valence-electron chi connectivity index (χ0n) is 22.2. The molecule has 8 nitrogen and oxygen atoms in total. The van der Waals surface area contributed by atoms with Gasteiger partial charge < -0.3 is 15.3 Å². The van der Waals surface area contributed by atoms with Gasteiger partial charge in [0.25, 0.3) is 0 Å². The number of halogens is 2. The number of carbonyl (C=O) groups excluding carboxylic acids is 2. The summed E-state index contributed by atoms with van der Waals surface area (Å²) in [5, 5.41) is 17.6. The maximum atomic E-state index is 13.8. The number of carbonyl (C=O) groups is 2. The van der Waals surface area contributed by atoms with Gasteiger partial charge in [-0.1, -0.05) is 50.5 Å². The highest BCUT2D eigenvalue weighted by Crippen LogP contribution is 2.56. The van der Waals surface area contributed by atoms with Gasteiger partial charge in [-0.2, -0.15) is 0 Å². The average Bonchev–Trinajstić information content (AvgIpc) is 3.60. The van der Waals surface area contributed by atoms with Crippen LogP contribution in [-0.2, 0) is 11.3 Å². The first-order valence-electron chi connectivity index (χ1n) is 13.5. The van der Waals surface area contributed by atoms with E-state index >= 15 is 0 Å². The number of likely N-dealkylation sites (N-methyl/N-ethyl adjacent to an activating group) is 1. The Hall–Kier alpha value is -2.82. The summed E-state index contributed by atoms with van der Waals surface area (Å²) in [6.07, 6.45) is 5.59. The third-order valence-electron chi connectivity index (χ3n) is 8.33. The summed E-state index contributed by atoms with van der Waals surface area (Å²) in [5.74, 6) is -0.786. The van der Waals surface area contributed by atoms with E-state index in [4.69, 9.17) is 0 Å². The van der Waals surface area contributed by atoms with Gasteiger partial charge >= 0.3 is 6.03 Å². The summed E-state index contributed by atoms with van der Waals surface area (Å²) < 4.78 is 27.3. The number of β-amino-alcohol motifs (C(OH)–C–C–N with tert-alkyl or cyclic N) is 1. The SMILES string of the molecule is CCCC[C@H]1C(=O)N(Cc2ccc(F)cc2)C2C[C@]23N1C(O)CN(C)N3C(=O)NCC1=CC=C(F)C(C)C1. The first-order chi connectivity index (χ1) is 18.2. The number of nitrogens with one attached hydrogen (secondary N) is 1. The number of hydrogen-bond acceptors (Lipinski definition) is 5. The standard InChI is InChI=1S/C28H37F2N5O3/c1-4-5-6-23-26(37)33(16-19-7-10-21(29)11-8-19)24-14-28(24)34(23)25(36)17-32(3)35(28)27(38)31-15-20-9-12-22(30)18(2)13-20/h7-12,18,23-25,36H,4-6,13-17H2,1-3H3,(H,31,38)/t18?,23-,24?,25?,28+/m0/s1. The van der Waals surface area contributed by atoms with Crippen molar-refractivity contribution in [3.05, 3.63) is 59.2 Å². The number of unbranched alkanes of at least 4 members (excludes halogenated alkanes) is 1. The van der Waals surface area contributed by atoms with Gasteiger partial charge in [0, 0.05) is 32.5 Å². The number of benzene rings is 1. The van der Waals surface area contributed by atoms with Gasteiger partial charge in [0.2, 0.25) is 5.91 Å². The molecule has 2 saturated heterocycles. The molecule has 3 amide bonds. The number of hydrogen-bond donors (Lipinski definition) is 2. The van der Waals surface area contributed by atoms with Crippen molar-refractivity contribution in [2.45, 2.75) is 76.5 Å². The number of urea groups is 1. The minimum Gasteiger partial charge on any atom is -0.377 e. The average molecular weight is 530 g/mol. The normalized spacial score (nSPS) is 31.4. The van der Waals surface area contributed by atoms with Crippen LogP contribution >= 0.6 is 0 Å². The number of nitrogens with zero attached hydrogens (tertiary/aromatic N) is 4. The van der Waals surface area contributed by atoms with Crippen molar-refractivity contribution in [1.82, 2.24) is 25.1 Å². The Morgan fingerprint density at radius 1 is 1.21 bits per heavy atom. The second kappa shape index (κ2) is 10.4. The highest BCUT2D eigenvalue weighted by atomic mass is 19.1. The van der Waals surface area contributed by atoms with Gasteiger partial charge in [0.05, 0.1) is 18.6 Å². The van der Waals surface area contributed by atoms with Crippen molar-refractivity contribution in [2.75, 3.05) is 20.1 Å². The second-order valence-corrected chi connectivity index (χ2v) is 11.0. The highest BCUT2D eigenvalue weighted by molar-refractivity contribution is 5.86. The van der Waals surface area contributed by atoms with E-state index in [2.05, 4.69) is 12.2 Å². The molecule has 2 N–H and O–H groups in total. The van der Waals surface area contributed by atoms with Crippen molar-refractivity contribution < 1.29 is 23.5 Å². The van der Waals surface area contributed by atoms with E-state index in [1.165, 1.54) is 18.2 Å². The third kappa shape index (κ3) is 4.63. The molecule has 0 radical (unpaired) electrons. The quantitative estimate of drug-likeness (QED) is 0.565. The highest BCUT2D eigenvalue weighted by Gasteiger charge is 2.75. The summed E-state index contributed by atoms with van der Waals surface area (Å²) in [4.78, 5) is 31.2. The Balaban J connectivity index is 1.43. The Morgan fingerprint density at radius 3 is 2.63 bits per heavy atom. The zero-order valence-corrected chi connectivity index (χ0v) is 22.2. The van der Waals surface area contributed by atoms with Gasteiger partial charge in [-0.25, -0.2) is 28.5 Å². The fraction of sp³-hybridized carbons (Fsp3) is 0.571. The summed E-state index contributed by atoms with van der Waals surface area (Å²) in [5.41, 5.74) is 0.874. The number of amides is 3. The number of rotatable bonds is 7. The molecule has 3 unspecified atom stereocenters. The number of aliphatic hydroxyl groups is 1. The van der Waals surface area contributed by atoms with E-state index in [9.17, 15) is 23.5 Å². The number of piperazine rings is 1. The molecule has 2 heterocycles. The lowest BCUT2D eigenvalue weighted by Crippen LogP contribution is -2.77. The Morgan fingerprint density at radius 2 is 1.95 bits per heavy atom. The Kier molecular flexibility index (Phi) is 7.32. The second-order valence-electron chi connectivity index (χ2n) is 11.0. The molecular weight excluding hydrogens is 492 g/mol. The minimum absolute atomic E-state index is 0.0694. The van der Waals surface area contributed by atoms with Crippen LogP contribution in [-0.4, -0.2) is 81.0 Å². The summed E-state index contributed by atoms with van der Waals surface area (Å²) in [6.45, 7) is 4.65. The lowest BCUT2D eigenvalue weighted by molar-refractivity contribution is -0.234. The van der Waals surface area contributed by atoms with Crippen LogP contribution < -0.4 is 5.32 Å². The molecule has 38 heavy (non-hydrogen) atoms. The lowest BCUT2D eigenvalue weighted by Gasteiger charge is -2.57. The van der Waals surface area contributed by atoms with Crippen molar-refractivity contribution in [1.29, 1.82) is 0 Å². The van der Waals surface area contributed by atoms with E-state index in [1.807, 2.05) is 11.8 Å². The van der Waals surface area contributed by atoms with E-state index in [-0.39, 0.29) is 48.6 Å². The maximum absolute atomic E-state index is 13.8. The largest absolute Gasteiger partial charge is 0.377 e. The third-order valence-corrected chi connectivity index (χ3v) is 8.33. The van der Waals surface area contributed by atoms with E-state index < -0.39 is 17.9 Å². The van der Waals surface area contributed by atoms with Crippen LogP contribution in [0.25, 0.3) is 0 Å². The maximum Gasteiger partial charge on any atom is 0.334 e. The smallest absolute Gasteiger partial charge is 0.334 e. The molecular formula is C28H37F2N5O3. The molecule has 2 aliphatic heterocycles. The molecule has 4 aliphatic rings. The first kappa shape index (κ1) is 26.8. The molecule has 206 valence electrons. The molecule has 10 heteroatoms. The van der Waals surface area contributed by atoms with Crippen LogP contribution in [0.3, 0.4) is 0 Å². The number of aliphatic hydroxyl groups excluding tert-OH is 1. The molecule has 3 fully saturated rings. The predicted molar refractivity (Wildman–Crippen MR) is 138 cm³/mol. The van der Waals surface area contributed by atoms with Crippen LogP contribution in [0.2, 0.25) is 0 Å². The zero-order chi connectivity index (χ0) is 27.2. The monoisotopic (exact) mass is 529 g/mol. The molecule has 1 aromatic rings. The fourth-order valence-electron chi connectivity index (χ4n) is 6.38. The number of allylic oxidation sites excluding steroid dienone is 3. The lowest BCUT2D eigenvalue weighted by atomic mass is 9.95. The summed E-state index contributed by atoms with van der Waals surface area (Å²) in [7, 11) is 1.77. The Labute approximate surface area is 222 Å². The Bertz CT molecular complexity index is 1140. The molecule has 5 rings (SSSR count). The molecule has 1 aromatic carbocycles. The molecule has 0 bridgehead atoms. The fourth-order valence-corrected chi connectivity index (χ4v) is 6.38. The van der Waals surface area contributed by atoms with Crippen LogP contribution in [0.1, 0.15) is 51.5 Å². The van der Waals surface area contributed by atoms with Gasteiger partial charge in [-0.05, 0) is 36.6 Å². The number of hydrazine groups is 1. The predicted octanol–water partition coefficient (Wildman–Crippen LogP) is 3.51. The molecule has 0 aromatic heterocycles. The molecule has 2 aliphatic carbocycles. The van der Waals surface area contributed by atoms with Crippen molar-refractivity contribution in [3.8, 4) is 0 Å². The van der Waals surface area contributed by atoms with Crippen LogP contribution in [0, 0.1) is 11.7 Å². The van der Waals surface area contributed by atoms with Crippen LogP contribution in [0.5, 0.6) is 0 Å². The molecule has 1 spiro atoms. The minimum atomic E-state index is -0.900. The van der Waals surface area contributed by atoms with E-state index in [1.54, 1.807) is 40.2 Å². The van der Waals surface area contributed by atoms with Crippen molar-refractivity contribution in [3.63, 3.8) is 0 Å². The van der Waals surface area contributed by atoms with Crippen LogP contribution in [0.15, 0.2) is 47.8 Å². The first-order valence-corrected chi connectivity index (χ1v) is 13.5. The van der Waals surface area contributed by atoms with E-state index in [0.717, 1.165) is 24.0 Å². The van der Waals surface area contributed by atoms with Gasteiger partial charge in [0.15, 0.2) is 0 Å². The van der Waals surface area contributed by atoms with Crippen molar-refractivity contribution in [2.24, 2.45) is 5.92 Å². The topological polar surface area (TPSA) is 79.4 Å². The van der Waals surface area contributed by atoms with Gasteiger partial charge in [-0.15, -0.1) is 0 Å². The van der Waals surface area contributed by atoms with Crippen molar-refractivity contribution >= 4 is 11.9 Å². The van der Waals surface area contributed by atoms with Crippen LogP contribution in [0.4, 0.5) is 13.6 Å². The molecule has 5 atom stereocenters. The van der Waals surface area contributed by atoms with E-state index in [0.29, 0.717) is 25.8 Å². The molecule has 1 saturated carbocycles. The van der Waals surface area contributed by atoms with Gasteiger partial charge in [-0.3, -0.25) is 4.79 Å². The summed E-state index contributed by atoms with van der Waals surface area (Å²) >= 11 is 0. The summed E-state index contributed by atoms with van der Waals surface area (Å²) in [6, 6.07) is 4.91.